The van der Waals surface area contributed by atoms with E-state index in [1.54, 1.807) is 0 Å². The lowest BCUT2D eigenvalue weighted by molar-refractivity contribution is 0.188. The molecule has 0 bridgehead atoms. The minimum absolute atomic E-state index is 1.42. The molecule has 56 valence electrons. The number of carbonyl (C=O) groups is 2. The van der Waals surface area contributed by atoms with Crippen LogP contribution in [-0.2, 0) is 0 Å². The Hall–Kier alpha value is -1.86. The van der Waals surface area contributed by atoms with Crippen molar-refractivity contribution >= 4 is 12.2 Å². The molecule has 0 unspecified atom stereocenters. The molecular weight excluding hydrogens is 144 g/mol. The Balaban J connectivity index is 3.38. The number of carboxylic acid groups (broad SMARTS) is 2. The van der Waals surface area contributed by atoms with E-state index < -0.39 is 12.2 Å². The van der Waals surface area contributed by atoms with Crippen LogP contribution in [0.1, 0.15) is 0 Å². The molecule has 0 aromatic rings. The molecule has 0 saturated carbocycles. The van der Waals surface area contributed by atoms with Gasteiger partial charge in [0.05, 0.1) is 0 Å². The minimum atomic E-state index is -1.42. The molecule has 0 aliphatic rings. The van der Waals surface area contributed by atoms with Gasteiger partial charge in [0.2, 0.25) is 0 Å². The maximum Gasteiger partial charge on any atom is 0.426 e. The zero-order valence-electron chi connectivity index (χ0n) is 4.61. The van der Waals surface area contributed by atoms with E-state index >= 15 is 0 Å². The molecule has 0 aliphatic carbocycles. The van der Waals surface area contributed by atoms with E-state index in [-0.39, 0.29) is 0 Å². The van der Waals surface area contributed by atoms with Gasteiger partial charge in [0, 0.05) is 0 Å². The van der Waals surface area contributed by atoms with E-state index in [1.807, 2.05) is 0 Å². The quantitative estimate of drug-likeness (QED) is 0.320. The highest BCUT2D eigenvalue weighted by atomic mass is 16.4. The molecule has 4 N–H and O–H groups in total. The second-order valence-corrected chi connectivity index (χ2v) is 1.03. The summed E-state index contributed by atoms with van der Waals surface area (Å²) in [5, 5.41) is 21.1. The Morgan fingerprint density at radius 3 is 1.50 bits per heavy atom. The van der Waals surface area contributed by atoms with E-state index in [2.05, 4.69) is 10.4 Å². The van der Waals surface area contributed by atoms with Crippen LogP contribution >= 0.6 is 0 Å². The van der Waals surface area contributed by atoms with Gasteiger partial charge in [-0.25, -0.2) is 9.59 Å². The molecule has 0 spiro atoms. The smallest absolute Gasteiger partial charge is 0.426 e. The fraction of sp³-hybridized carbons (Fsp3) is 0. The van der Waals surface area contributed by atoms with Crippen LogP contribution in [0, 0.1) is 0 Å². The van der Waals surface area contributed by atoms with E-state index in [9.17, 15) is 9.59 Å². The predicted octanol–water partition coefficient (Wildman–Crippen LogP) is -0.196. The molecule has 0 rings (SSSR count). The first kappa shape index (κ1) is 8.14. The summed E-state index contributed by atoms with van der Waals surface area (Å²) in [5.41, 5.74) is 2.90. The van der Waals surface area contributed by atoms with E-state index in [0.717, 1.165) is 0 Å². The number of nitrogens with zero attached hydrogens (tertiary/aromatic N) is 2. The van der Waals surface area contributed by atoms with Crippen LogP contribution in [0.15, 0.2) is 10.4 Å². The number of rotatable bonds is 2. The van der Waals surface area contributed by atoms with Crippen LogP contribution in [0.2, 0.25) is 0 Å². The number of nitrogens with one attached hydrogen (secondary N) is 2. The van der Waals surface area contributed by atoms with Crippen molar-refractivity contribution in [3.63, 3.8) is 0 Å². The summed E-state index contributed by atoms with van der Waals surface area (Å²) in [4.78, 5) is 19.2. The SMILES string of the molecule is O=C(O)NN=NNC(=O)O. The van der Waals surface area contributed by atoms with Gasteiger partial charge >= 0.3 is 12.2 Å². The van der Waals surface area contributed by atoms with Gasteiger partial charge in [0.1, 0.15) is 0 Å². The van der Waals surface area contributed by atoms with Crippen LogP contribution < -0.4 is 10.9 Å². The number of hydrogen-bond acceptors (Lipinski definition) is 4. The zero-order valence-corrected chi connectivity index (χ0v) is 4.61. The van der Waals surface area contributed by atoms with Crippen molar-refractivity contribution in [1.29, 1.82) is 0 Å². The third-order valence-corrected chi connectivity index (χ3v) is 0.341. The predicted molar refractivity (Wildman–Crippen MR) is 27.2 cm³/mol. The average Bonchev–Trinajstić information content (AvgIpc) is 1.79. The van der Waals surface area contributed by atoms with Crippen molar-refractivity contribution in [3.05, 3.63) is 0 Å². The fourth-order valence-corrected chi connectivity index (χ4v) is 0.136. The van der Waals surface area contributed by atoms with Crippen LogP contribution in [0.5, 0.6) is 0 Å². The summed E-state index contributed by atoms with van der Waals surface area (Å²) < 4.78 is 0. The van der Waals surface area contributed by atoms with Crippen molar-refractivity contribution in [1.82, 2.24) is 10.9 Å². The van der Waals surface area contributed by atoms with Crippen molar-refractivity contribution in [2.24, 2.45) is 10.4 Å². The summed E-state index contributed by atoms with van der Waals surface area (Å²) in [6.07, 6.45) is -2.84. The maximum atomic E-state index is 9.60. The van der Waals surface area contributed by atoms with Crippen LogP contribution in [0.3, 0.4) is 0 Å². The van der Waals surface area contributed by atoms with Gasteiger partial charge in [0.25, 0.3) is 0 Å². The largest absolute Gasteiger partial charge is 0.464 e. The Bertz CT molecular complexity index is 147. The maximum absolute atomic E-state index is 9.60. The lowest BCUT2D eigenvalue weighted by Gasteiger charge is -1.87. The van der Waals surface area contributed by atoms with Crippen molar-refractivity contribution < 1.29 is 19.8 Å². The summed E-state index contributed by atoms with van der Waals surface area (Å²) in [6, 6.07) is 0. The van der Waals surface area contributed by atoms with Gasteiger partial charge in [-0.15, -0.1) is 0 Å². The monoisotopic (exact) mass is 148 g/mol. The average molecular weight is 148 g/mol. The molecule has 0 heterocycles. The lowest BCUT2D eigenvalue weighted by Crippen LogP contribution is -2.17. The van der Waals surface area contributed by atoms with E-state index in [1.165, 1.54) is 10.9 Å². The van der Waals surface area contributed by atoms with E-state index in [4.69, 9.17) is 10.2 Å². The third kappa shape index (κ3) is 6.14. The first-order valence-corrected chi connectivity index (χ1v) is 2.00. The van der Waals surface area contributed by atoms with E-state index in [0.29, 0.717) is 0 Å². The topological polar surface area (TPSA) is 123 Å². The third-order valence-electron chi connectivity index (χ3n) is 0.341. The van der Waals surface area contributed by atoms with Gasteiger partial charge in [-0.05, 0) is 10.4 Å². The lowest BCUT2D eigenvalue weighted by atomic mass is 11.3. The Morgan fingerprint density at radius 1 is 1.00 bits per heavy atom. The van der Waals surface area contributed by atoms with Crippen molar-refractivity contribution in [2.75, 3.05) is 0 Å². The zero-order chi connectivity index (χ0) is 7.98. The first-order chi connectivity index (χ1) is 4.63. The molecule has 0 fully saturated rings. The number of amides is 2. The van der Waals surface area contributed by atoms with Gasteiger partial charge < -0.3 is 10.2 Å². The molecule has 0 aromatic heterocycles. The molecule has 10 heavy (non-hydrogen) atoms. The molecule has 0 radical (unpaired) electrons. The van der Waals surface area contributed by atoms with Crippen LogP contribution in [0.4, 0.5) is 9.59 Å². The fourth-order valence-electron chi connectivity index (χ4n) is 0.136. The Morgan fingerprint density at radius 2 is 1.30 bits per heavy atom. The second-order valence-electron chi connectivity index (χ2n) is 1.03. The summed E-state index contributed by atoms with van der Waals surface area (Å²) in [6.45, 7) is 0. The molecular formula is C2H4N4O4. The Labute approximate surface area is 54.5 Å². The van der Waals surface area contributed by atoms with Crippen molar-refractivity contribution in [2.45, 2.75) is 0 Å². The normalized spacial score (nSPS) is 9.20. The first-order valence-electron chi connectivity index (χ1n) is 2.00. The minimum Gasteiger partial charge on any atom is -0.464 e. The van der Waals surface area contributed by atoms with Crippen molar-refractivity contribution in [3.8, 4) is 0 Å². The second kappa shape index (κ2) is 4.06. The molecule has 0 aliphatic heterocycles. The molecule has 8 nitrogen and oxygen atoms in total. The Kier molecular flexibility index (Phi) is 3.31. The number of hydrogen-bond donors (Lipinski definition) is 4. The summed E-state index contributed by atoms with van der Waals surface area (Å²) in [7, 11) is 0. The molecule has 8 heteroatoms. The highest BCUT2D eigenvalue weighted by Gasteiger charge is 1.89. The molecule has 0 atom stereocenters. The summed E-state index contributed by atoms with van der Waals surface area (Å²) >= 11 is 0. The summed E-state index contributed by atoms with van der Waals surface area (Å²) in [5.74, 6) is 0. The highest BCUT2D eigenvalue weighted by molar-refractivity contribution is 5.64. The van der Waals surface area contributed by atoms with Crippen LogP contribution in [0.25, 0.3) is 0 Å². The van der Waals surface area contributed by atoms with Gasteiger partial charge in [-0.2, -0.15) is 10.9 Å². The molecule has 2 amide bonds. The van der Waals surface area contributed by atoms with Crippen LogP contribution in [-0.4, -0.2) is 22.4 Å². The van der Waals surface area contributed by atoms with Gasteiger partial charge in [-0.1, -0.05) is 0 Å². The molecule has 0 aromatic carbocycles. The van der Waals surface area contributed by atoms with Gasteiger partial charge in [0.15, 0.2) is 0 Å². The molecule has 0 saturated heterocycles. The highest BCUT2D eigenvalue weighted by Crippen LogP contribution is 1.65. The van der Waals surface area contributed by atoms with Gasteiger partial charge in [-0.3, -0.25) is 0 Å². The standard InChI is InChI=1S/C2H4N4O4/c7-1(8)3-5-6-4-2(9)10/h(H,3,6)(H,4,5)(H,7,8)(H,9,10).